The lowest BCUT2D eigenvalue weighted by Crippen LogP contribution is -2.51. The molecule has 1 saturated heterocycles. The van der Waals surface area contributed by atoms with E-state index in [1.807, 2.05) is 6.07 Å². The second kappa shape index (κ2) is 11.5. The Labute approximate surface area is 261 Å². The number of aryl methyl sites for hydroxylation is 2. The highest BCUT2D eigenvalue weighted by molar-refractivity contribution is 6.36. The van der Waals surface area contributed by atoms with Gasteiger partial charge in [0.2, 0.25) is 5.88 Å². The molecule has 3 heterocycles. The zero-order chi connectivity index (χ0) is 32.3. The molecule has 1 amide bonds. The lowest BCUT2D eigenvalue weighted by atomic mass is 9.94. The number of carbonyl (C=O) groups excluding carboxylic acids is 1. The number of β-amino-alcohol motifs (C(OH)–C–C–N with tert-alkyl or cyclic N) is 1. The van der Waals surface area contributed by atoms with Crippen LogP contribution in [0.25, 0.3) is 22.4 Å². The first kappa shape index (κ1) is 30.6. The van der Waals surface area contributed by atoms with E-state index in [1.165, 1.54) is 46.3 Å². The fourth-order valence-corrected chi connectivity index (χ4v) is 6.58. The van der Waals surface area contributed by atoms with Gasteiger partial charge in [-0.3, -0.25) is 19.1 Å². The van der Waals surface area contributed by atoms with Gasteiger partial charge in [-0.2, -0.15) is 0 Å². The molecule has 2 aliphatic rings. The maximum Gasteiger partial charge on any atom is 0.330 e. The van der Waals surface area contributed by atoms with Crippen LogP contribution in [-0.4, -0.2) is 56.3 Å². The fraction of sp³-hybridized carbons (Fsp3) is 0.312. The number of hydrogen-bond donors (Lipinski definition) is 2. The molecule has 45 heavy (non-hydrogen) atoms. The largest absolute Gasteiger partial charge is 0.481 e. The van der Waals surface area contributed by atoms with Crippen molar-refractivity contribution in [2.24, 2.45) is 14.1 Å². The van der Waals surface area contributed by atoms with Gasteiger partial charge in [0.25, 0.3) is 11.5 Å². The van der Waals surface area contributed by atoms with Gasteiger partial charge in [0.05, 0.1) is 23.9 Å². The number of rotatable bonds is 6. The number of carbonyl (C=O) groups is 1. The quantitative estimate of drug-likeness (QED) is 0.328. The van der Waals surface area contributed by atoms with Crippen molar-refractivity contribution >= 4 is 23.2 Å². The molecule has 10 nitrogen and oxygen atoms in total. The molecule has 234 valence electrons. The number of hydrogen-bond acceptors (Lipinski definition) is 7. The molecule has 0 saturated carbocycles. The minimum absolute atomic E-state index is 0.0646. The van der Waals surface area contributed by atoms with Crippen molar-refractivity contribution in [2.45, 2.75) is 31.9 Å². The second-order valence-electron chi connectivity index (χ2n) is 11.4. The molecule has 0 bridgehead atoms. The van der Waals surface area contributed by atoms with Gasteiger partial charge in [0.1, 0.15) is 17.2 Å². The third-order valence-corrected chi connectivity index (χ3v) is 9.02. The van der Waals surface area contributed by atoms with Crippen LogP contribution in [0.3, 0.4) is 0 Å². The van der Waals surface area contributed by atoms with Gasteiger partial charge in [0, 0.05) is 67.4 Å². The molecule has 2 N–H and O–H groups in total. The number of amides is 1. The standard InChI is InChI=1S/C32H30ClF2N5O5/c1-15-22(36-29(42)19-14-38(2)32(44)39(3)31(19)43)9-8-20(34)25(15)27-21(35)7-6-18(28(27)33)23-11-16-5-10-24(40-12-17(41)13-40)26(16)30(37-23)45-4/h6-9,11,14,17,24,41H,5,10,12-13H2,1-4H3,(H,36,42)/t24-/m0/s1. The Bertz CT molecular complexity index is 2000. The van der Waals surface area contributed by atoms with Crippen molar-refractivity contribution in [2.75, 3.05) is 25.5 Å². The minimum Gasteiger partial charge on any atom is -0.481 e. The zero-order valence-electron chi connectivity index (χ0n) is 25.0. The third kappa shape index (κ3) is 5.12. The number of ether oxygens (including phenoxy) is 1. The molecule has 1 aliphatic carbocycles. The van der Waals surface area contributed by atoms with Gasteiger partial charge >= 0.3 is 5.69 Å². The molecule has 1 fully saturated rings. The van der Waals surface area contributed by atoms with Crippen LogP contribution < -0.4 is 21.3 Å². The smallest absolute Gasteiger partial charge is 0.330 e. The maximum atomic E-state index is 15.5. The number of aliphatic hydroxyl groups excluding tert-OH is 1. The number of pyridine rings is 1. The molecule has 13 heteroatoms. The SMILES string of the molecule is COc1nc(-c2ccc(F)c(-c3c(F)ccc(NC(=O)c4cn(C)c(=O)n(C)c4=O)c3C)c2Cl)cc2c1[C@@H](N1CC(O)C1)CC2. The highest BCUT2D eigenvalue weighted by Gasteiger charge is 2.38. The van der Waals surface area contributed by atoms with E-state index in [2.05, 4.69) is 10.2 Å². The van der Waals surface area contributed by atoms with E-state index in [4.69, 9.17) is 21.3 Å². The summed E-state index contributed by atoms with van der Waals surface area (Å²) in [7, 11) is 4.18. The summed E-state index contributed by atoms with van der Waals surface area (Å²) in [6.45, 7) is 2.65. The first-order valence-corrected chi connectivity index (χ1v) is 14.6. The molecule has 6 rings (SSSR count). The maximum absolute atomic E-state index is 15.5. The lowest BCUT2D eigenvalue weighted by molar-refractivity contribution is -0.0256. The van der Waals surface area contributed by atoms with Gasteiger partial charge < -0.3 is 19.7 Å². The van der Waals surface area contributed by atoms with E-state index in [0.717, 1.165) is 45.4 Å². The predicted molar refractivity (Wildman–Crippen MR) is 165 cm³/mol. The Morgan fingerprint density at radius 2 is 1.80 bits per heavy atom. The molecule has 1 atom stereocenters. The van der Waals surface area contributed by atoms with Crippen LogP contribution in [0.1, 0.15) is 39.5 Å². The number of likely N-dealkylation sites (tertiary alicyclic amines) is 1. The number of fused-ring (bicyclic) bond motifs is 1. The summed E-state index contributed by atoms with van der Waals surface area (Å²) in [5.74, 6) is -1.98. The average Bonchev–Trinajstić information content (AvgIpc) is 3.42. The highest BCUT2D eigenvalue weighted by atomic mass is 35.5. The first-order chi connectivity index (χ1) is 21.4. The topological polar surface area (TPSA) is 119 Å². The third-order valence-electron chi connectivity index (χ3n) is 8.62. The second-order valence-corrected chi connectivity index (χ2v) is 11.8. The van der Waals surface area contributed by atoms with Crippen LogP contribution >= 0.6 is 11.6 Å². The van der Waals surface area contributed by atoms with E-state index < -0.39 is 28.8 Å². The molecule has 0 unspecified atom stereocenters. The van der Waals surface area contributed by atoms with Crippen molar-refractivity contribution in [3.8, 4) is 28.3 Å². The Morgan fingerprint density at radius 3 is 2.49 bits per heavy atom. The lowest BCUT2D eigenvalue weighted by Gasteiger charge is -2.40. The van der Waals surface area contributed by atoms with Crippen molar-refractivity contribution in [3.63, 3.8) is 0 Å². The van der Waals surface area contributed by atoms with Gasteiger partial charge in [0.15, 0.2) is 0 Å². The number of methoxy groups -OCH3 is 1. The number of nitrogens with zero attached hydrogens (tertiary/aromatic N) is 4. The zero-order valence-corrected chi connectivity index (χ0v) is 25.7. The van der Waals surface area contributed by atoms with Gasteiger partial charge in [-0.05, 0) is 61.2 Å². The van der Waals surface area contributed by atoms with E-state index >= 15 is 8.78 Å². The van der Waals surface area contributed by atoms with E-state index in [9.17, 15) is 19.5 Å². The number of aliphatic hydroxyl groups is 1. The summed E-state index contributed by atoms with van der Waals surface area (Å²) in [4.78, 5) is 44.6. The number of halogens is 3. The molecular weight excluding hydrogens is 608 g/mol. The summed E-state index contributed by atoms with van der Waals surface area (Å²) < 4.78 is 38.6. The van der Waals surface area contributed by atoms with E-state index in [-0.39, 0.29) is 45.1 Å². The van der Waals surface area contributed by atoms with Gasteiger partial charge in [-0.25, -0.2) is 18.6 Å². The molecule has 0 spiro atoms. The predicted octanol–water partition coefficient (Wildman–Crippen LogP) is 3.98. The average molecular weight is 638 g/mol. The summed E-state index contributed by atoms with van der Waals surface area (Å²) in [5, 5.41) is 12.3. The molecule has 0 radical (unpaired) electrons. The van der Waals surface area contributed by atoms with Crippen LogP contribution in [-0.2, 0) is 20.5 Å². The first-order valence-electron chi connectivity index (χ1n) is 14.3. The van der Waals surface area contributed by atoms with Crippen molar-refractivity contribution in [1.82, 2.24) is 19.0 Å². The van der Waals surface area contributed by atoms with Gasteiger partial charge in [-0.1, -0.05) is 11.6 Å². The number of anilines is 1. The molecule has 2 aromatic heterocycles. The van der Waals surface area contributed by atoms with Crippen LogP contribution in [0.5, 0.6) is 5.88 Å². The number of benzene rings is 2. The van der Waals surface area contributed by atoms with Crippen LogP contribution in [0, 0.1) is 18.6 Å². The van der Waals surface area contributed by atoms with Crippen LogP contribution in [0.4, 0.5) is 14.5 Å². The summed E-state index contributed by atoms with van der Waals surface area (Å²) in [5.41, 5.74) is 0.925. The monoisotopic (exact) mass is 637 g/mol. The van der Waals surface area contributed by atoms with Crippen molar-refractivity contribution < 1.29 is 23.4 Å². The molecular formula is C32H30ClF2N5O5. The number of nitrogens with one attached hydrogen (secondary N) is 1. The highest BCUT2D eigenvalue weighted by Crippen LogP contribution is 2.46. The molecule has 4 aromatic rings. The summed E-state index contributed by atoms with van der Waals surface area (Å²) in [6.07, 6.45) is 2.35. The van der Waals surface area contributed by atoms with E-state index in [0.29, 0.717) is 30.2 Å². The Morgan fingerprint density at radius 1 is 1.11 bits per heavy atom. The van der Waals surface area contributed by atoms with Crippen LogP contribution in [0.2, 0.25) is 5.02 Å². The summed E-state index contributed by atoms with van der Waals surface area (Å²) in [6, 6.07) is 6.97. The van der Waals surface area contributed by atoms with Crippen molar-refractivity contribution in [3.05, 3.63) is 96.3 Å². The Hall–Kier alpha value is -4.39. The van der Waals surface area contributed by atoms with E-state index in [1.54, 1.807) is 0 Å². The minimum atomic E-state index is -0.826. The van der Waals surface area contributed by atoms with Crippen molar-refractivity contribution in [1.29, 1.82) is 0 Å². The molecule has 2 aromatic carbocycles. The van der Waals surface area contributed by atoms with Crippen LogP contribution in [0.15, 0.2) is 46.1 Å². The Balaban J connectivity index is 1.40. The summed E-state index contributed by atoms with van der Waals surface area (Å²) >= 11 is 6.84. The Kier molecular flexibility index (Phi) is 7.84. The normalized spacial score (nSPS) is 16.4. The number of aromatic nitrogens is 3. The fourth-order valence-electron chi connectivity index (χ4n) is 6.24. The van der Waals surface area contributed by atoms with Gasteiger partial charge in [-0.15, -0.1) is 0 Å². The molecule has 1 aliphatic heterocycles.